The van der Waals surface area contributed by atoms with Crippen LogP contribution >= 0.6 is 11.6 Å². The fraction of sp³-hybridized carbons (Fsp3) is 0.190. The molecule has 0 aliphatic carbocycles. The maximum absolute atomic E-state index is 12.7. The van der Waals surface area contributed by atoms with Crippen LogP contribution in [0.4, 0.5) is 0 Å². The van der Waals surface area contributed by atoms with Gasteiger partial charge in [0.05, 0.1) is 20.1 Å². The molecule has 0 radical (unpaired) electrons. The first kappa shape index (κ1) is 19.6. The van der Waals surface area contributed by atoms with Gasteiger partial charge in [-0.3, -0.25) is 9.59 Å². The number of carbonyl (C=O) groups is 2. The number of halogens is 1. The minimum absolute atomic E-state index is 0.168. The van der Waals surface area contributed by atoms with Crippen molar-refractivity contribution in [3.8, 4) is 5.75 Å². The van der Waals surface area contributed by atoms with Gasteiger partial charge in [-0.1, -0.05) is 11.6 Å². The Morgan fingerprint density at radius 1 is 1.07 bits per heavy atom. The zero-order valence-electron chi connectivity index (χ0n) is 15.2. The molecule has 0 aliphatic heterocycles. The monoisotopic (exact) mass is 400 g/mol. The Balaban J connectivity index is 2.07. The van der Waals surface area contributed by atoms with Crippen molar-refractivity contribution >= 4 is 34.3 Å². The van der Waals surface area contributed by atoms with Gasteiger partial charge >= 0.3 is 11.6 Å². The van der Waals surface area contributed by atoms with Gasteiger partial charge in [0.25, 0.3) is 0 Å². The second-order valence-electron chi connectivity index (χ2n) is 6.09. The van der Waals surface area contributed by atoms with Crippen LogP contribution in [0.25, 0.3) is 11.0 Å². The van der Waals surface area contributed by atoms with Gasteiger partial charge in [-0.25, -0.2) is 4.79 Å². The van der Waals surface area contributed by atoms with E-state index in [1.807, 2.05) is 0 Å². The summed E-state index contributed by atoms with van der Waals surface area (Å²) in [5.41, 5.74) is 0.397. The first-order valence-corrected chi connectivity index (χ1v) is 8.79. The average molecular weight is 401 g/mol. The van der Waals surface area contributed by atoms with Crippen LogP contribution < -0.4 is 10.4 Å². The number of methoxy groups -OCH3 is 2. The number of hydrogen-bond acceptors (Lipinski definition) is 6. The van der Waals surface area contributed by atoms with E-state index in [2.05, 4.69) is 0 Å². The van der Waals surface area contributed by atoms with E-state index in [-0.39, 0.29) is 17.8 Å². The molecule has 1 atom stereocenters. The summed E-state index contributed by atoms with van der Waals surface area (Å²) in [7, 11) is 2.73. The Morgan fingerprint density at radius 3 is 2.43 bits per heavy atom. The highest BCUT2D eigenvalue weighted by Gasteiger charge is 2.28. The number of rotatable bonds is 6. The summed E-state index contributed by atoms with van der Waals surface area (Å²) in [6.45, 7) is 0. The van der Waals surface area contributed by atoms with E-state index in [9.17, 15) is 14.4 Å². The molecular formula is C21H17ClO6. The summed E-state index contributed by atoms with van der Waals surface area (Å²) in [5, 5.41) is 1.03. The highest BCUT2D eigenvalue weighted by molar-refractivity contribution is 6.30. The molecule has 0 fully saturated rings. The van der Waals surface area contributed by atoms with Gasteiger partial charge in [-0.15, -0.1) is 0 Å². The summed E-state index contributed by atoms with van der Waals surface area (Å²) >= 11 is 5.86. The largest absolute Gasteiger partial charge is 0.497 e. The van der Waals surface area contributed by atoms with E-state index < -0.39 is 17.5 Å². The molecule has 2 aromatic carbocycles. The second kappa shape index (κ2) is 8.27. The molecule has 7 heteroatoms. The number of benzene rings is 2. The molecular weight excluding hydrogens is 384 g/mol. The van der Waals surface area contributed by atoms with Crippen molar-refractivity contribution in [2.75, 3.05) is 14.2 Å². The number of ketones is 1. The first-order valence-electron chi connectivity index (χ1n) is 8.41. The molecule has 28 heavy (non-hydrogen) atoms. The molecule has 6 nitrogen and oxygen atoms in total. The molecule has 3 rings (SSSR count). The van der Waals surface area contributed by atoms with Crippen LogP contribution in [-0.4, -0.2) is 26.0 Å². The Kier molecular flexibility index (Phi) is 5.80. The minimum Gasteiger partial charge on any atom is -0.497 e. The number of carbonyl (C=O) groups excluding carboxylic acids is 2. The third kappa shape index (κ3) is 4.07. The Labute approximate surface area is 165 Å². The number of ether oxygens (including phenoxy) is 2. The predicted octanol–water partition coefficient (Wildman–Crippen LogP) is 3.98. The summed E-state index contributed by atoms with van der Waals surface area (Å²) in [4.78, 5) is 37.2. The quantitative estimate of drug-likeness (QED) is 0.353. The lowest BCUT2D eigenvalue weighted by Gasteiger charge is -2.16. The van der Waals surface area contributed by atoms with E-state index in [1.165, 1.54) is 20.3 Å². The zero-order chi connectivity index (χ0) is 20.3. The maximum Gasteiger partial charge on any atom is 0.336 e. The van der Waals surface area contributed by atoms with Gasteiger partial charge in [0.15, 0.2) is 5.78 Å². The lowest BCUT2D eigenvalue weighted by molar-refractivity contribution is -0.142. The number of hydrogen-bond donors (Lipinski definition) is 0. The van der Waals surface area contributed by atoms with Crippen LogP contribution in [-0.2, 0) is 9.53 Å². The van der Waals surface area contributed by atoms with E-state index >= 15 is 0 Å². The Morgan fingerprint density at radius 2 is 1.79 bits per heavy atom. The van der Waals surface area contributed by atoms with E-state index in [4.69, 9.17) is 25.5 Å². The Bertz CT molecular complexity index is 1080. The van der Waals surface area contributed by atoms with E-state index in [1.54, 1.807) is 42.5 Å². The molecule has 0 amide bonds. The molecule has 1 aromatic heterocycles. The van der Waals surface area contributed by atoms with Crippen LogP contribution in [0.2, 0.25) is 5.02 Å². The van der Waals surface area contributed by atoms with Crippen molar-refractivity contribution < 1.29 is 23.5 Å². The van der Waals surface area contributed by atoms with Crippen LogP contribution in [0, 0.1) is 0 Å². The molecule has 0 spiro atoms. The van der Waals surface area contributed by atoms with Crippen molar-refractivity contribution in [1.82, 2.24) is 0 Å². The molecule has 0 N–H and O–H groups in total. The van der Waals surface area contributed by atoms with Gasteiger partial charge < -0.3 is 13.9 Å². The molecule has 1 heterocycles. The molecule has 3 aromatic rings. The molecule has 0 saturated heterocycles. The summed E-state index contributed by atoms with van der Waals surface area (Å²) < 4.78 is 15.3. The molecule has 0 saturated carbocycles. The average Bonchev–Trinajstić information content (AvgIpc) is 2.70. The van der Waals surface area contributed by atoms with E-state index in [0.717, 1.165) is 0 Å². The maximum atomic E-state index is 12.7. The fourth-order valence-corrected chi connectivity index (χ4v) is 3.11. The number of Topliss-reactive ketones (excluding diaryl/α,β-unsaturated/α-hetero) is 1. The number of esters is 1. The van der Waals surface area contributed by atoms with Gasteiger partial charge in [-0.05, 0) is 42.0 Å². The van der Waals surface area contributed by atoms with Crippen LogP contribution in [0.5, 0.6) is 5.75 Å². The van der Waals surface area contributed by atoms with Crippen LogP contribution in [0.1, 0.15) is 28.3 Å². The normalized spacial score (nSPS) is 11.8. The van der Waals surface area contributed by atoms with Gasteiger partial charge in [0.1, 0.15) is 11.3 Å². The first-order chi connectivity index (χ1) is 13.4. The zero-order valence-corrected chi connectivity index (χ0v) is 16.0. The molecule has 0 aliphatic rings. The number of fused-ring (bicyclic) bond motifs is 1. The van der Waals surface area contributed by atoms with Crippen molar-refractivity contribution in [1.29, 1.82) is 0 Å². The lowest BCUT2D eigenvalue weighted by atomic mass is 9.89. The van der Waals surface area contributed by atoms with Crippen molar-refractivity contribution in [3.05, 3.63) is 75.1 Å². The minimum atomic E-state index is -0.965. The van der Waals surface area contributed by atoms with Gasteiger partial charge in [0.2, 0.25) is 0 Å². The fourth-order valence-electron chi connectivity index (χ4n) is 2.98. The van der Waals surface area contributed by atoms with Gasteiger partial charge in [0, 0.05) is 34.5 Å². The van der Waals surface area contributed by atoms with Crippen LogP contribution in [0.15, 0.2) is 57.7 Å². The summed E-state index contributed by atoms with van der Waals surface area (Å²) in [6, 6.07) is 12.5. The summed E-state index contributed by atoms with van der Waals surface area (Å²) in [5.74, 6) is -1.36. The topological polar surface area (TPSA) is 82.8 Å². The third-order valence-electron chi connectivity index (χ3n) is 4.40. The van der Waals surface area contributed by atoms with Crippen molar-refractivity contribution in [3.63, 3.8) is 0 Å². The Hall–Kier alpha value is -3.12. The summed E-state index contributed by atoms with van der Waals surface area (Å²) in [6.07, 6.45) is -0.168. The standard InChI is InChI=1S/C21H17ClO6/c1-26-14-7-8-15-16(11-20(24)28-19(15)9-14)17(21(25)27-2)10-18(23)12-3-5-13(22)6-4-12/h3-9,11,17H,10H2,1-2H3/t17-/m1/s1. The van der Waals surface area contributed by atoms with Crippen molar-refractivity contribution in [2.45, 2.75) is 12.3 Å². The highest BCUT2D eigenvalue weighted by atomic mass is 35.5. The smallest absolute Gasteiger partial charge is 0.336 e. The second-order valence-corrected chi connectivity index (χ2v) is 6.53. The highest BCUT2D eigenvalue weighted by Crippen LogP contribution is 2.31. The predicted molar refractivity (Wildman–Crippen MR) is 104 cm³/mol. The molecule has 0 bridgehead atoms. The van der Waals surface area contributed by atoms with Crippen LogP contribution in [0.3, 0.4) is 0 Å². The van der Waals surface area contributed by atoms with Crippen molar-refractivity contribution in [2.24, 2.45) is 0 Å². The van der Waals surface area contributed by atoms with Gasteiger partial charge in [-0.2, -0.15) is 0 Å². The molecule has 144 valence electrons. The molecule has 0 unspecified atom stereocenters. The third-order valence-corrected chi connectivity index (χ3v) is 4.65. The lowest BCUT2D eigenvalue weighted by Crippen LogP contribution is -2.20. The van der Waals surface area contributed by atoms with E-state index in [0.29, 0.717) is 27.3 Å². The SMILES string of the molecule is COC(=O)[C@H](CC(=O)c1ccc(Cl)cc1)c1cc(=O)oc2cc(OC)ccc12.